The molecule has 2 rings (SSSR count). The summed E-state index contributed by atoms with van der Waals surface area (Å²) in [7, 11) is 0. The molecule has 5 nitrogen and oxygen atoms in total. The largest absolute Gasteiger partial charge is 0.350 e. The second-order valence-electron chi connectivity index (χ2n) is 5.22. The lowest BCUT2D eigenvalue weighted by Gasteiger charge is -2.35. The van der Waals surface area contributed by atoms with Crippen LogP contribution in [0.4, 0.5) is 0 Å². The van der Waals surface area contributed by atoms with Crippen LogP contribution in [-0.2, 0) is 4.79 Å². The van der Waals surface area contributed by atoms with Crippen LogP contribution >= 0.6 is 0 Å². The van der Waals surface area contributed by atoms with E-state index in [4.69, 9.17) is 0 Å². The first-order chi connectivity index (χ1) is 9.47. The number of aryl methyl sites for hydroxylation is 2. The van der Waals surface area contributed by atoms with E-state index in [9.17, 15) is 9.59 Å². The Kier molecular flexibility index (Phi) is 4.17. The molecule has 0 saturated heterocycles. The molecule has 0 unspecified atom stereocenters. The fourth-order valence-corrected chi connectivity index (χ4v) is 2.33. The Labute approximate surface area is 118 Å². The molecule has 1 saturated carbocycles. The smallest absolute Gasteiger partial charge is 0.270 e. The van der Waals surface area contributed by atoms with Crippen molar-refractivity contribution in [2.75, 3.05) is 0 Å². The third-order valence-electron chi connectivity index (χ3n) is 3.34. The van der Waals surface area contributed by atoms with Crippen molar-refractivity contribution >= 4 is 11.8 Å². The minimum Gasteiger partial charge on any atom is -0.350 e. The van der Waals surface area contributed by atoms with E-state index in [1.165, 1.54) is 6.08 Å². The average molecular weight is 273 g/mol. The van der Waals surface area contributed by atoms with E-state index < -0.39 is 0 Å². The van der Waals surface area contributed by atoms with Crippen LogP contribution in [0.1, 0.15) is 34.6 Å². The van der Waals surface area contributed by atoms with Crippen molar-refractivity contribution in [2.45, 2.75) is 38.8 Å². The van der Waals surface area contributed by atoms with Crippen LogP contribution in [0.5, 0.6) is 0 Å². The third kappa shape index (κ3) is 3.44. The molecular formula is C15H19N3O2. The zero-order valence-electron chi connectivity index (χ0n) is 11.8. The van der Waals surface area contributed by atoms with Crippen LogP contribution in [0.3, 0.4) is 0 Å². The summed E-state index contributed by atoms with van der Waals surface area (Å²) in [5.74, 6) is -0.328. The van der Waals surface area contributed by atoms with E-state index in [1.54, 1.807) is 6.07 Å². The number of nitrogens with one attached hydrogen (secondary N) is 2. The van der Waals surface area contributed by atoms with Crippen LogP contribution in [-0.4, -0.2) is 28.9 Å². The molecule has 0 radical (unpaired) electrons. The van der Waals surface area contributed by atoms with Gasteiger partial charge in [-0.05, 0) is 50.5 Å². The minimum atomic E-state index is -0.171. The molecule has 106 valence electrons. The van der Waals surface area contributed by atoms with E-state index in [-0.39, 0.29) is 23.9 Å². The summed E-state index contributed by atoms with van der Waals surface area (Å²) in [6, 6.07) is 3.93. The normalized spacial score (nSPS) is 20.7. The highest BCUT2D eigenvalue weighted by atomic mass is 16.2. The first-order valence-corrected chi connectivity index (χ1v) is 6.67. The number of carbonyl (C=O) groups excluding carboxylic acids is 2. The average Bonchev–Trinajstić information content (AvgIpc) is 2.34. The maximum Gasteiger partial charge on any atom is 0.270 e. The van der Waals surface area contributed by atoms with Crippen molar-refractivity contribution in [3.05, 3.63) is 41.7 Å². The molecule has 1 heterocycles. The van der Waals surface area contributed by atoms with Gasteiger partial charge in [-0.15, -0.1) is 0 Å². The van der Waals surface area contributed by atoms with Gasteiger partial charge in [0.25, 0.3) is 5.91 Å². The molecule has 0 aliphatic heterocycles. The first-order valence-electron chi connectivity index (χ1n) is 6.67. The standard InChI is InChI=1S/C15H19N3O2/c1-4-14(19)17-11-7-12(8-11)18-15(20)13-6-9(2)5-10(3)16-13/h4-6,11-12H,1,7-8H2,2-3H3,(H,17,19)(H,18,20). The number of rotatable bonds is 4. The van der Waals surface area contributed by atoms with E-state index >= 15 is 0 Å². The van der Waals surface area contributed by atoms with E-state index in [2.05, 4.69) is 22.2 Å². The van der Waals surface area contributed by atoms with Gasteiger partial charge in [-0.25, -0.2) is 4.98 Å². The van der Waals surface area contributed by atoms with Gasteiger partial charge in [-0.2, -0.15) is 0 Å². The van der Waals surface area contributed by atoms with Crippen LogP contribution in [0, 0.1) is 13.8 Å². The molecule has 2 N–H and O–H groups in total. The van der Waals surface area contributed by atoms with Crippen LogP contribution in [0.15, 0.2) is 24.8 Å². The molecule has 0 atom stereocenters. The lowest BCUT2D eigenvalue weighted by Crippen LogP contribution is -2.53. The van der Waals surface area contributed by atoms with Gasteiger partial charge in [-0.1, -0.05) is 6.58 Å². The summed E-state index contributed by atoms with van der Waals surface area (Å²) in [5, 5.41) is 5.73. The number of aromatic nitrogens is 1. The fourth-order valence-electron chi connectivity index (χ4n) is 2.33. The Morgan fingerprint density at radius 1 is 1.25 bits per heavy atom. The number of nitrogens with zero attached hydrogens (tertiary/aromatic N) is 1. The van der Waals surface area contributed by atoms with Gasteiger partial charge in [-0.3, -0.25) is 9.59 Å². The lowest BCUT2D eigenvalue weighted by molar-refractivity contribution is -0.117. The summed E-state index contributed by atoms with van der Waals surface area (Å²) in [4.78, 5) is 27.4. The monoisotopic (exact) mass is 273 g/mol. The van der Waals surface area contributed by atoms with Crippen molar-refractivity contribution in [1.29, 1.82) is 0 Å². The zero-order chi connectivity index (χ0) is 14.7. The summed E-state index contributed by atoms with van der Waals surface area (Å²) >= 11 is 0. The van der Waals surface area contributed by atoms with Gasteiger partial charge in [0.2, 0.25) is 5.91 Å². The van der Waals surface area contributed by atoms with E-state index in [1.807, 2.05) is 19.9 Å². The van der Waals surface area contributed by atoms with Crippen molar-refractivity contribution in [3.63, 3.8) is 0 Å². The summed E-state index contributed by atoms with van der Waals surface area (Å²) in [5.41, 5.74) is 2.30. The van der Waals surface area contributed by atoms with Crippen LogP contribution in [0.25, 0.3) is 0 Å². The van der Waals surface area contributed by atoms with Gasteiger partial charge < -0.3 is 10.6 Å². The molecule has 1 aromatic rings. The summed E-state index contributed by atoms with van der Waals surface area (Å²) < 4.78 is 0. The summed E-state index contributed by atoms with van der Waals surface area (Å²) in [6.07, 6.45) is 2.75. The van der Waals surface area contributed by atoms with E-state index in [0.717, 1.165) is 24.1 Å². The van der Waals surface area contributed by atoms with Gasteiger partial charge in [0.05, 0.1) is 0 Å². The third-order valence-corrected chi connectivity index (χ3v) is 3.34. The van der Waals surface area contributed by atoms with Gasteiger partial charge in [0, 0.05) is 17.8 Å². The Morgan fingerprint density at radius 2 is 1.90 bits per heavy atom. The molecule has 0 aromatic carbocycles. The maximum atomic E-state index is 12.1. The van der Waals surface area contributed by atoms with E-state index in [0.29, 0.717) is 5.69 Å². The highest BCUT2D eigenvalue weighted by molar-refractivity contribution is 5.92. The topological polar surface area (TPSA) is 71.1 Å². The molecule has 20 heavy (non-hydrogen) atoms. The maximum absolute atomic E-state index is 12.1. The minimum absolute atomic E-state index is 0.0974. The number of hydrogen-bond donors (Lipinski definition) is 2. The number of hydrogen-bond acceptors (Lipinski definition) is 3. The molecule has 1 aliphatic rings. The number of pyridine rings is 1. The Morgan fingerprint density at radius 3 is 2.50 bits per heavy atom. The molecule has 1 aromatic heterocycles. The molecule has 0 spiro atoms. The quantitative estimate of drug-likeness (QED) is 0.811. The SMILES string of the molecule is C=CC(=O)NC1CC(NC(=O)c2cc(C)cc(C)n2)C1. The lowest BCUT2D eigenvalue weighted by atomic mass is 9.86. The molecule has 1 fully saturated rings. The van der Waals surface area contributed by atoms with Gasteiger partial charge in [0.15, 0.2) is 0 Å². The predicted molar refractivity (Wildman–Crippen MR) is 76.3 cm³/mol. The molecule has 1 aliphatic carbocycles. The first kappa shape index (κ1) is 14.2. The van der Waals surface area contributed by atoms with Gasteiger partial charge in [0.1, 0.15) is 5.69 Å². The van der Waals surface area contributed by atoms with Gasteiger partial charge >= 0.3 is 0 Å². The molecule has 5 heteroatoms. The van der Waals surface area contributed by atoms with Crippen molar-refractivity contribution in [3.8, 4) is 0 Å². The van der Waals surface area contributed by atoms with Crippen LogP contribution in [0.2, 0.25) is 0 Å². The van der Waals surface area contributed by atoms with Crippen molar-refractivity contribution in [1.82, 2.24) is 15.6 Å². The van der Waals surface area contributed by atoms with Crippen LogP contribution < -0.4 is 10.6 Å². The number of carbonyl (C=O) groups is 2. The Balaban J connectivity index is 1.85. The zero-order valence-corrected chi connectivity index (χ0v) is 11.8. The second-order valence-corrected chi connectivity index (χ2v) is 5.22. The predicted octanol–water partition coefficient (Wildman–Crippen LogP) is 1.26. The Bertz CT molecular complexity index is 528. The second kappa shape index (κ2) is 5.86. The molecule has 2 amide bonds. The highest BCUT2D eigenvalue weighted by Gasteiger charge is 2.31. The highest BCUT2D eigenvalue weighted by Crippen LogP contribution is 2.20. The fraction of sp³-hybridized carbons (Fsp3) is 0.400. The Hall–Kier alpha value is -2.17. The van der Waals surface area contributed by atoms with Crippen molar-refractivity contribution < 1.29 is 9.59 Å². The molecule has 0 bridgehead atoms. The number of amides is 2. The summed E-state index contributed by atoms with van der Waals surface area (Å²) in [6.45, 7) is 7.21. The van der Waals surface area contributed by atoms with Crippen molar-refractivity contribution in [2.24, 2.45) is 0 Å². The molecular weight excluding hydrogens is 254 g/mol.